The van der Waals surface area contributed by atoms with Gasteiger partial charge in [0.05, 0.1) is 18.8 Å². The predicted octanol–water partition coefficient (Wildman–Crippen LogP) is 2.99. The van der Waals surface area contributed by atoms with Crippen molar-refractivity contribution < 1.29 is 36.6 Å². The number of carbonyl (C=O) groups is 2. The number of esters is 1. The van der Waals surface area contributed by atoms with E-state index < -0.39 is 40.6 Å². The number of rotatable bonds is 5. The maximum Gasteiger partial charge on any atom is 0.416 e. The second kappa shape index (κ2) is 6.55. The molecule has 1 aromatic rings. The molecule has 0 unspecified atom stereocenters. The van der Waals surface area contributed by atoms with Gasteiger partial charge in [0.15, 0.2) is 0 Å². The molecule has 116 valence electrons. The van der Waals surface area contributed by atoms with E-state index in [1.165, 1.54) is 13.8 Å². The van der Waals surface area contributed by atoms with Crippen molar-refractivity contribution >= 4 is 11.8 Å². The van der Waals surface area contributed by atoms with Crippen molar-refractivity contribution in [3.63, 3.8) is 0 Å². The minimum atomic E-state index is -4.81. The summed E-state index contributed by atoms with van der Waals surface area (Å²) in [5.74, 6) is -4.90. The van der Waals surface area contributed by atoms with Crippen LogP contribution in [-0.2, 0) is 15.7 Å². The average Bonchev–Trinajstić information content (AvgIpc) is 2.37. The molecule has 0 aliphatic heterocycles. The van der Waals surface area contributed by atoms with Gasteiger partial charge in [-0.3, -0.25) is 4.79 Å². The van der Waals surface area contributed by atoms with Crippen molar-refractivity contribution in [2.24, 2.45) is 0 Å². The molecule has 0 saturated heterocycles. The Morgan fingerprint density at radius 2 is 1.76 bits per heavy atom. The highest BCUT2D eigenvalue weighted by Crippen LogP contribution is 2.35. The lowest BCUT2D eigenvalue weighted by Gasteiger charge is -2.14. The molecule has 0 N–H and O–H groups in total. The molecule has 0 aliphatic carbocycles. The standard InChI is InChI=1S/C13H12F4O4/c1-3-20-9-6-7(13(15,16)17)5-8(14)10(9)11(18)12(19)21-4-2/h5-6H,3-4H2,1-2H3. The third-order valence-electron chi connectivity index (χ3n) is 2.37. The highest BCUT2D eigenvalue weighted by atomic mass is 19.4. The van der Waals surface area contributed by atoms with E-state index in [0.717, 1.165) is 0 Å². The Hall–Kier alpha value is -2.12. The summed E-state index contributed by atoms with van der Waals surface area (Å²) in [4.78, 5) is 23.1. The first kappa shape index (κ1) is 16.9. The van der Waals surface area contributed by atoms with Crippen molar-refractivity contribution in [2.45, 2.75) is 20.0 Å². The molecule has 0 amide bonds. The monoisotopic (exact) mass is 308 g/mol. The Kier molecular flexibility index (Phi) is 5.28. The van der Waals surface area contributed by atoms with Crippen LogP contribution < -0.4 is 4.74 Å². The van der Waals surface area contributed by atoms with E-state index in [1.807, 2.05) is 0 Å². The SMILES string of the molecule is CCOC(=O)C(=O)c1c(F)cc(C(F)(F)F)cc1OCC. The van der Waals surface area contributed by atoms with Crippen LogP contribution >= 0.6 is 0 Å². The number of Topliss-reactive ketones (excluding diaryl/α,β-unsaturated/α-hetero) is 1. The number of benzene rings is 1. The van der Waals surface area contributed by atoms with Crippen LogP contribution in [-0.4, -0.2) is 25.0 Å². The van der Waals surface area contributed by atoms with Crippen LogP contribution in [0.25, 0.3) is 0 Å². The first-order valence-electron chi connectivity index (χ1n) is 5.97. The van der Waals surface area contributed by atoms with Gasteiger partial charge in [-0.15, -0.1) is 0 Å². The number of ketones is 1. The van der Waals surface area contributed by atoms with Gasteiger partial charge < -0.3 is 9.47 Å². The number of alkyl halides is 3. The molecule has 8 heteroatoms. The molecule has 0 fully saturated rings. The van der Waals surface area contributed by atoms with Gasteiger partial charge in [0.1, 0.15) is 17.1 Å². The topological polar surface area (TPSA) is 52.6 Å². The molecule has 0 heterocycles. The molecule has 21 heavy (non-hydrogen) atoms. The summed E-state index contributed by atoms with van der Waals surface area (Å²) in [6, 6.07) is 0.605. The van der Waals surface area contributed by atoms with E-state index in [-0.39, 0.29) is 19.3 Å². The van der Waals surface area contributed by atoms with Crippen molar-refractivity contribution in [3.05, 3.63) is 29.1 Å². The molecule has 0 radical (unpaired) electrons. The molecule has 0 spiro atoms. The third-order valence-corrected chi connectivity index (χ3v) is 2.37. The summed E-state index contributed by atoms with van der Waals surface area (Å²) in [6.07, 6.45) is -4.81. The molecule has 4 nitrogen and oxygen atoms in total. The molecule has 0 aromatic heterocycles. The largest absolute Gasteiger partial charge is 0.493 e. The molecule has 0 bridgehead atoms. The Bertz CT molecular complexity index is 552. The number of hydrogen-bond donors (Lipinski definition) is 0. The van der Waals surface area contributed by atoms with Crippen molar-refractivity contribution in [2.75, 3.05) is 13.2 Å². The van der Waals surface area contributed by atoms with Gasteiger partial charge in [0.2, 0.25) is 0 Å². The lowest BCUT2D eigenvalue weighted by Crippen LogP contribution is -2.21. The van der Waals surface area contributed by atoms with Crippen LogP contribution in [0, 0.1) is 5.82 Å². The van der Waals surface area contributed by atoms with E-state index in [2.05, 4.69) is 4.74 Å². The lowest BCUT2D eigenvalue weighted by atomic mass is 10.0. The summed E-state index contributed by atoms with van der Waals surface area (Å²) in [6.45, 7) is 2.63. The second-order valence-corrected chi connectivity index (χ2v) is 3.81. The van der Waals surface area contributed by atoms with E-state index in [1.54, 1.807) is 0 Å². The van der Waals surface area contributed by atoms with Crippen LogP contribution in [0.15, 0.2) is 12.1 Å². The third kappa shape index (κ3) is 3.93. The van der Waals surface area contributed by atoms with Crippen molar-refractivity contribution in [3.8, 4) is 5.75 Å². The lowest BCUT2D eigenvalue weighted by molar-refractivity contribution is -0.138. The quantitative estimate of drug-likeness (QED) is 0.363. The number of ether oxygens (including phenoxy) is 2. The zero-order chi connectivity index (χ0) is 16.2. The fourth-order valence-electron chi connectivity index (χ4n) is 1.53. The maximum atomic E-state index is 13.8. The Morgan fingerprint density at radius 1 is 1.14 bits per heavy atom. The van der Waals surface area contributed by atoms with Crippen LogP contribution in [0.4, 0.5) is 17.6 Å². The van der Waals surface area contributed by atoms with Crippen LogP contribution in [0.3, 0.4) is 0 Å². The van der Waals surface area contributed by atoms with Gasteiger partial charge in [-0.05, 0) is 26.0 Å². The van der Waals surface area contributed by atoms with E-state index >= 15 is 0 Å². The van der Waals surface area contributed by atoms with Crippen LogP contribution in [0.1, 0.15) is 29.8 Å². The van der Waals surface area contributed by atoms with Crippen molar-refractivity contribution in [1.82, 2.24) is 0 Å². The molecular formula is C13H12F4O4. The molecule has 1 rings (SSSR count). The predicted molar refractivity (Wildman–Crippen MR) is 63.5 cm³/mol. The highest BCUT2D eigenvalue weighted by Gasteiger charge is 2.35. The van der Waals surface area contributed by atoms with E-state index in [9.17, 15) is 27.2 Å². The van der Waals surface area contributed by atoms with Gasteiger partial charge >= 0.3 is 12.1 Å². The van der Waals surface area contributed by atoms with Crippen molar-refractivity contribution in [1.29, 1.82) is 0 Å². The summed E-state index contributed by atoms with van der Waals surface area (Å²) >= 11 is 0. The number of hydrogen-bond acceptors (Lipinski definition) is 4. The zero-order valence-corrected chi connectivity index (χ0v) is 11.2. The van der Waals surface area contributed by atoms with Gasteiger partial charge in [-0.2, -0.15) is 13.2 Å². The summed E-state index contributed by atoms with van der Waals surface area (Å²) in [5, 5.41) is 0. The minimum absolute atomic E-state index is 0.107. The Labute approximate surface area is 117 Å². The molecular weight excluding hydrogens is 296 g/mol. The first-order chi connectivity index (χ1) is 9.72. The van der Waals surface area contributed by atoms with Gasteiger partial charge in [-0.1, -0.05) is 0 Å². The Balaban J connectivity index is 3.37. The molecule has 0 saturated carbocycles. The average molecular weight is 308 g/mol. The molecule has 1 aromatic carbocycles. The van der Waals surface area contributed by atoms with Gasteiger partial charge in [-0.25, -0.2) is 9.18 Å². The smallest absolute Gasteiger partial charge is 0.416 e. The minimum Gasteiger partial charge on any atom is -0.493 e. The maximum absolute atomic E-state index is 13.8. The van der Waals surface area contributed by atoms with Crippen LogP contribution in [0.2, 0.25) is 0 Å². The number of carbonyl (C=O) groups excluding carboxylic acids is 2. The van der Waals surface area contributed by atoms with E-state index in [4.69, 9.17) is 4.74 Å². The fourth-order valence-corrected chi connectivity index (χ4v) is 1.53. The van der Waals surface area contributed by atoms with Gasteiger partial charge in [0.25, 0.3) is 5.78 Å². The van der Waals surface area contributed by atoms with Gasteiger partial charge in [0, 0.05) is 0 Å². The second-order valence-electron chi connectivity index (χ2n) is 3.81. The zero-order valence-electron chi connectivity index (χ0n) is 11.2. The summed E-state index contributed by atoms with van der Waals surface area (Å²) in [5.41, 5.74) is -2.19. The molecule has 0 aliphatic rings. The first-order valence-corrected chi connectivity index (χ1v) is 5.97. The normalized spacial score (nSPS) is 11.1. The fraction of sp³-hybridized carbons (Fsp3) is 0.385. The number of halogens is 4. The van der Waals surface area contributed by atoms with E-state index in [0.29, 0.717) is 6.07 Å². The highest BCUT2D eigenvalue weighted by molar-refractivity contribution is 6.41. The van der Waals surface area contributed by atoms with Crippen LogP contribution in [0.5, 0.6) is 5.75 Å². The summed E-state index contributed by atoms with van der Waals surface area (Å²) < 4.78 is 60.9. The Morgan fingerprint density at radius 3 is 2.24 bits per heavy atom. The summed E-state index contributed by atoms with van der Waals surface area (Å²) in [7, 11) is 0. The molecule has 0 atom stereocenters.